The van der Waals surface area contributed by atoms with Crippen LogP contribution in [-0.2, 0) is 17.2 Å². The minimum atomic E-state index is 0.441. The van der Waals surface area contributed by atoms with E-state index in [0.29, 0.717) is 19.0 Å². The third-order valence-corrected chi connectivity index (χ3v) is 1.62. The second-order valence-corrected chi connectivity index (χ2v) is 2.34. The van der Waals surface area contributed by atoms with Gasteiger partial charge in [0.2, 0.25) is 0 Å². The van der Waals surface area contributed by atoms with Crippen LogP contribution in [0.4, 0.5) is 0 Å². The SMILES string of the molecule is COCCn1nncc1CCl. The molecule has 0 bridgehead atoms. The van der Waals surface area contributed by atoms with Gasteiger partial charge in [-0.3, -0.25) is 0 Å². The van der Waals surface area contributed by atoms with E-state index < -0.39 is 0 Å². The van der Waals surface area contributed by atoms with Crippen LogP contribution in [0.3, 0.4) is 0 Å². The summed E-state index contributed by atoms with van der Waals surface area (Å²) in [6, 6.07) is 0. The van der Waals surface area contributed by atoms with Crippen molar-refractivity contribution in [3.8, 4) is 0 Å². The van der Waals surface area contributed by atoms with Gasteiger partial charge < -0.3 is 4.74 Å². The van der Waals surface area contributed by atoms with E-state index in [-0.39, 0.29) is 0 Å². The first-order valence-corrected chi connectivity index (χ1v) is 3.84. The number of methoxy groups -OCH3 is 1. The van der Waals surface area contributed by atoms with E-state index in [0.717, 1.165) is 5.69 Å². The number of ether oxygens (including phenoxy) is 1. The van der Waals surface area contributed by atoms with Crippen molar-refractivity contribution in [1.29, 1.82) is 0 Å². The third-order valence-electron chi connectivity index (χ3n) is 1.34. The minimum absolute atomic E-state index is 0.441. The Morgan fingerprint density at radius 1 is 1.73 bits per heavy atom. The van der Waals surface area contributed by atoms with Crippen molar-refractivity contribution in [3.05, 3.63) is 11.9 Å². The summed E-state index contributed by atoms with van der Waals surface area (Å²) in [5, 5.41) is 7.55. The van der Waals surface area contributed by atoms with Gasteiger partial charge in [0.1, 0.15) is 0 Å². The van der Waals surface area contributed by atoms with E-state index in [2.05, 4.69) is 10.3 Å². The monoisotopic (exact) mass is 175 g/mol. The van der Waals surface area contributed by atoms with Crippen molar-refractivity contribution >= 4 is 11.6 Å². The fraction of sp³-hybridized carbons (Fsp3) is 0.667. The molecule has 0 radical (unpaired) electrons. The van der Waals surface area contributed by atoms with Crippen LogP contribution in [0.1, 0.15) is 5.69 Å². The van der Waals surface area contributed by atoms with Crippen molar-refractivity contribution in [1.82, 2.24) is 15.0 Å². The number of alkyl halides is 1. The second-order valence-electron chi connectivity index (χ2n) is 2.07. The lowest BCUT2D eigenvalue weighted by Gasteiger charge is -2.01. The van der Waals surface area contributed by atoms with E-state index in [1.165, 1.54) is 0 Å². The smallest absolute Gasteiger partial charge is 0.0737 e. The number of hydrogen-bond donors (Lipinski definition) is 0. The van der Waals surface area contributed by atoms with Crippen LogP contribution >= 0.6 is 11.6 Å². The van der Waals surface area contributed by atoms with Crippen LogP contribution in [-0.4, -0.2) is 28.7 Å². The molecule has 0 fully saturated rings. The molecule has 0 unspecified atom stereocenters. The van der Waals surface area contributed by atoms with E-state index in [1.807, 2.05) is 0 Å². The molecule has 0 N–H and O–H groups in total. The summed E-state index contributed by atoms with van der Waals surface area (Å²) in [7, 11) is 1.65. The zero-order chi connectivity index (χ0) is 8.10. The average Bonchev–Trinajstić information content (AvgIpc) is 2.47. The van der Waals surface area contributed by atoms with Crippen molar-refractivity contribution in [2.45, 2.75) is 12.4 Å². The van der Waals surface area contributed by atoms with Crippen LogP contribution in [0.5, 0.6) is 0 Å². The topological polar surface area (TPSA) is 39.9 Å². The molecular weight excluding hydrogens is 166 g/mol. The molecule has 0 aliphatic carbocycles. The van der Waals surface area contributed by atoms with Crippen molar-refractivity contribution in [2.24, 2.45) is 0 Å². The van der Waals surface area contributed by atoms with E-state index in [9.17, 15) is 0 Å². The summed E-state index contributed by atoms with van der Waals surface area (Å²) >= 11 is 5.61. The number of aromatic nitrogens is 3. The number of rotatable bonds is 4. The summed E-state index contributed by atoms with van der Waals surface area (Å²) < 4.78 is 6.62. The van der Waals surface area contributed by atoms with Crippen LogP contribution in [0, 0.1) is 0 Å². The first kappa shape index (κ1) is 8.49. The van der Waals surface area contributed by atoms with E-state index in [1.54, 1.807) is 18.0 Å². The largest absolute Gasteiger partial charge is 0.383 e. The quantitative estimate of drug-likeness (QED) is 0.632. The maximum atomic E-state index is 5.61. The summed E-state index contributed by atoms with van der Waals surface area (Å²) in [5.74, 6) is 0.441. The average molecular weight is 176 g/mol. The fourth-order valence-electron chi connectivity index (χ4n) is 0.748. The molecule has 0 saturated heterocycles. The van der Waals surface area contributed by atoms with Gasteiger partial charge in [0.05, 0.1) is 30.9 Å². The van der Waals surface area contributed by atoms with Gasteiger partial charge in [0.25, 0.3) is 0 Å². The molecule has 1 aromatic heterocycles. The van der Waals surface area contributed by atoms with Crippen molar-refractivity contribution in [3.63, 3.8) is 0 Å². The van der Waals surface area contributed by atoms with Crippen molar-refractivity contribution in [2.75, 3.05) is 13.7 Å². The van der Waals surface area contributed by atoms with Gasteiger partial charge in [0.15, 0.2) is 0 Å². The molecule has 5 heteroatoms. The fourth-order valence-corrected chi connectivity index (χ4v) is 0.955. The number of hydrogen-bond acceptors (Lipinski definition) is 3. The predicted octanol–water partition coefficient (Wildman–Crippen LogP) is 0.663. The lowest BCUT2D eigenvalue weighted by Crippen LogP contribution is -2.08. The van der Waals surface area contributed by atoms with Crippen LogP contribution in [0.25, 0.3) is 0 Å². The van der Waals surface area contributed by atoms with Gasteiger partial charge in [-0.2, -0.15) is 0 Å². The molecule has 0 aliphatic rings. The van der Waals surface area contributed by atoms with Gasteiger partial charge in [0, 0.05) is 7.11 Å². The molecule has 0 amide bonds. The molecular formula is C6H10ClN3O. The molecule has 1 rings (SSSR count). The Hall–Kier alpha value is -0.610. The molecule has 0 saturated carbocycles. The molecule has 62 valence electrons. The van der Waals surface area contributed by atoms with E-state index in [4.69, 9.17) is 16.3 Å². The highest BCUT2D eigenvalue weighted by Crippen LogP contribution is 1.99. The number of halogens is 1. The standard InChI is InChI=1S/C6H10ClN3O/c1-11-3-2-10-6(4-7)5-8-9-10/h5H,2-4H2,1H3. The first-order chi connectivity index (χ1) is 5.38. The third kappa shape index (κ3) is 2.17. The number of nitrogens with zero attached hydrogens (tertiary/aromatic N) is 3. The molecule has 0 spiro atoms. The minimum Gasteiger partial charge on any atom is -0.383 e. The maximum absolute atomic E-state index is 5.61. The van der Waals surface area contributed by atoms with Gasteiger partial charge in [-0.05, 0) is 0 Å². The van der Waals surface area contributed by atoms with Crippen LogP contribution in [0.15, 0.2) is 6.20 Å². The highest BCUT2D eigenvalue weighted by Gasteiger charge is 2.00. The summed E-state index contributed by atoms with van der Waals surface area (Å²) in [6.45, 7) is 1.34. The highest BCUT2D eigenvalue weighted by atomic mass is 35.5. The normalized spacial score (nSPS) is 10.4. The Morgan fingerprint density at radius 2 is 2.55 bits per heavy atom. The zero-order valence-electron chi connectivity index (χ0n) is 6.33. The van der Waals surface area contributed by atoms with Gasteiger partial charge in [-0.25, -0.2) is 4.68 Å². The van der Waals surface area contributed by atoms with E-state index >= 15 is 0 Å². The lowest BCUT2D eigenvalue weighted by molar-refractivity contribution is 0.182. The predicted molar refractivity (Wildman–Crippen MR) is 41.5 cm³/mol. The highest BCUT2D eigenvalue weighted by molar-refractivity contribution is 6.16. The Labute approximate surface area is 70.1 Å². The van der Waals surface area contributed by atoms with Crippen LogP contribution in [0.2, 0.25) is 0 Å². The molecule has 0 atom stereocenters. The van der Waals surface area contributed by atoms with Crippen molar-refractivity contribution < 1.29 is 4.74 Å². The molecule has 1 aromatic rings. The molecule has 0 aliphatic heterocycles. The Balaban J connectivity index is 2.54. The van der Waals surface area contributed by atoms with Gasteiger partial charge in [-0.1, -0.05) is 5.21 Å². The van der Waals surface area contributed by atoms with Gasteiger partial charge >= 0.3 is 0 Å². The Morgan fingerprint density at radius 3 is 3.18 bits per heavy atom. The molecule has 11 heavy (non-hydrogen) atoms. The summed E-state index contributed by atoms with van der Waals surface area (Å²) in [5.41, 5.74) is 0.920. The molecule has 4 nitrogen and oxygen atoms in total. The second kappa shape index (κ2) is 4.31. The van der Waals surface area contributed by atoms with Gasteiger partial charge in [-0.15, -0.1) is 16.7 Å². The Kier molecular flexibility index (Phi) is 3.32. The zero-order valence-corrected chi connectivity index (χ0v) is 7.08. The van der Waals surface area contributed by atoms with Crippen LogP contribution < -0.4 is 0 Å². The summed E-state index contributed by atoms with van der Waals surface area (Å²) in [6.07, 6.45) is 1.66. The summed E-state index contributed by atoms with van der Waals surface area (Å²) in [4.78, 5) is 0. The molecule has 0 aromatic carbocycles. The first-order valence-electron chi connectivity index (χ1n) is 3.30. The molecule has 1 heterocycles. The Bertz CT molecular complexity index is 213. The lowest BCUT2D eigenvalue weighted by atomic mass is 10.5. The maximum Gasteiger partial charge on any atom is 0.0737 e.